The molecule has 0 spiro atoms. The Morgan fingerprint density at radius 1 is 1.05 bits per heavy atom. The predicted octanol–water partition coefficient (Wildman–Crippen LogP) is 5.52. The zero-order chi connectivity index (χ0) is 27.7. The van der Waals surface area contributed by atoms with Crippen LogP contribution in [0, 0.1) is 5.82 Å². The summed E-state index contributed by atoms with van der Waals surface area (Å²) in [4.78, 5) is 29.0. The number of aliphatic hydroxyl groups is 1. The third-order valence-corrected chi connectivity index (χ3v) is 6.96. The van der Waals surface area contributed by atoms with Gasteiger partial charge in [0.25, 0.3) is 5.91 Å². The molecule has 0 bridgehead atoms. The van der Waals surface area contributed by atoms with Crippen LogP contribution in [0.15, 0.2) is 66.7 Å². The number of fused-ring (bicyclic) bond motifs is 1. The van der Waals surface area contributed by atoms with Gasteiger partial charge in [-0.1, -0.05) is 49.4 Å². The normalized spacial score (nSPS) is 19.3. The number of carbonyl (C=O) groups excluding carboxylic acids is 2. The van der Waals surface area contributed by atoms with Crippen LogP contribution in [0.3, 0.4) is 0 Å². The fourth-order valence-electron chi connectivity index (χ4n) is 5.11. The molecular weight excluding hydrogens is 500 g/mol. The van der Waals surface area contributed by atoms with Crippen LogP contribution in [0.2, 0.25) is 0 Å². The molecule has 4 rings (SSSR count). The SMILES string of the molecule is CCCNC(=O)[C@@]1(C)c2ccccc2C(=O)N(Cc2cc(F)cc(C(F)(F)F)c2)[C@H]1c1ccc(CO)cc1. The molecule has 0 saturated carbocycles. The van der Waals surface area contributed by atoms with Gasteiger partial charge in [0.2, 0.25) is 5.91 Å². The van der Waals surface area contributed by atoms with Gasteiger partial charge in [-0.3, -0.25) is 9.59 Å². The van der Waals surface area contributed by atoms with E-state index in [9.17, 15) is 32.3 Å². The molecule has 0 unspecified atom stereocenters. The highest BCUT2D eigenvalue weighted by Crippen LogP contribution is 2.48. The molecule has 5 nitrogen and oxygen atoms in total. The predicted molar refractivity (Wildman–Crippen MR) is 133 cm³/mol. The molecule has 0 saturated heterocycles. The fourth-order valence-corrected chi connectivity index (χ4v) is 5.11. The highest BCUT2D eigenvalue weighted by Gasteiger charge is 2.53. The van der Waals surface area contributed by atoms with Crippen molar-refractivity contribution < 1.29 is 32.3 Å². The summed E-state index contributed by atoms with van der Waals surface area (Å²) in [5.74, 6) is -1.92. The van der Waals surface area contributed by atoms with Crippen LogP contribution < -0.4 is 5.32 Å². The van der Waals surface area contributed by atoms with E-state index in [4.69, 9.17) is 0 Å². The molecule has 1 aliphatic heterocycles. The van der Waals surface area contributed by atoms with Crippen molar-refractivity contribution in [3.05, 3.63) is 106 Å². The molecular formula is C29H28F4N2O3. The standard InChI is InChI=1S/C29H28F4N2O3/c1-3-12-34-27(38)28(2)24-7-5-4-6-23(24)26(37)35(25(28)20-10-8-18(17-36)9-11-20)16-19-13-21(29(31,32)33)15-22(30)14-19/h4-11,13-15,25,36H,3,12,16-17H2,1-2H3,(H,34,38)/t25-,28-/m0/s1. The molecule has 200 valence electrons. The van der Waals surface area contributed by atoms with Crippen molar-refractivity contribution >= 4 is 11.8 Å². The third kappa shape index (κ3) is 5.03. The van der Waals surface area contributed by atoms with Crippen LogP contribution >= 0.6 is 0 Å². The van der Waals surface area contributed by atoms with Crippen molar-refractivity contribution in [1.82, 2.24) is 10.2 Å². The molecule has 3 aromatic rings. The van der Waals surface area contributed by atoms with Gasteiger partial charge in [0.15, 0.2) is 0 Å². The topological polar surface area (TPSA) is 69.6 Å². The Labute approximate surface area is 218 Å². The van der Waals surface area contributed by atoms with Crippen LogP contribution in [-0.4, -0.2) is 28.4 Å². The number of nitrogens with one attached hydrogen (secondary N) is 1. The highest BCUT2D eigenvalue weighted by molar-refractivity contribution is 6.03. The number of hydrogen-bond donors (Lipinski definition) is 2. The summed E-state index contributed by atoms with van der Waals surface area (Å²) < 4.78 is 54.6. The van der Waals surface area contributed by atoms with E-state index in [1.807, 2.05) is 6.92 Å². The zero-order valence-corrected chi connectivity index (χ0v) is 21.0. The smallest absolute Gasteiger partial charge is 0.392 e. The monoisotopic (exact) mass is 528 g/mol. The van der Waals surface area contributed by atoms with Gasteiger partial charge in [-0.05, 0) is 59.9 Å². The van der Waals surface area contributed by atoms with Crippen LogP contribution in [0.1, 0.15) is 64.5 Å². The minimum atomic E-state index is -4.77. The van der Waals surface area contributed by atoms with E-state index in [1.54, 1.807) is 55.5 Å². The Bertz CT molecular complexity index is 1340. The summed E-state index contributed by atoms with van der Waals surface area (Å²) in [5.41, 5.74) is -0.658. The van der Waals surface area contributed by atoms with Crippen molar-refractivity contribution in [2.24, 2.45) is 0 Å². The fraction of sp³-hybridized carbons (Fsp3) is 0.310. The van der Waals surface area contributed by atoms with Crippen LogP contribution in [-0.2, 0) is 29.5 Å². The first-order valence-corrected chi connectivity index (χ1v) is 12.3. The molecule has 9 heteroatoms. The maximum Gasteiger partial charge on any atom is 0.416 e. The van der Waals surface area contributed by atoms with Crippen LogP contribution in [0.4, 0.5) is 17.6 Å². The average Bonchev–Trinajstić information content (AvgIpc) is 2.89. The second kappa shape index (κ2) is 10.6. The van der Waals surface area contributed by atoms with E-state index in [2.05, 4.69) is 5.32 Å². The molecule has 2 N–H and O–H groups in total. The Morgan fingerprint density at radius 2 is 1.74 bits per heavy atom. The molecule has 0 aromatic heterocycles. The lowest BCUT2D eigenvalue weighted by molar-refractivity contribution is -0.137. The third-order valence-electron chi connectivity index (χ3n) is 6.96. The lowest BCUT2D eigenvalue weighted by atomic mass is 9.67. The number of benzene rings is 3. The molecule has 2 amide bonds. The first kappa shape index (κ1) is 27.3. The molecule has 1 heterocycles. The first-order chi connectivity index (χ1) is 18.0. The Hall–Kier alpha value is -3.72. The van der Waals surface area contributed by atoms with Gasteiger partial charge in [0.05, 0.1) is 23.6 Å². The maximum atomic E-state index is 14.3. The minimum Gasteiger partial charge on any atom is -0.392 e. The largest absolute Gasteiger partial charge is 0.416 e. The molecule has 1 aliphatic rings. The number of alkyl halides is 3. The summed E-state index contributed by atoms with van der Waals surface area (Å²) in [5, 5.41) is 12.4. The summed E-state index contributed by atoms with van der Waals surface area (Å²) in [6.07, 6.45) is -4.10. The van der Waals surface area contributed by atoms with Crippen molar-refractivity contribution in [3.8, 4) is 0 Å². The van der Waals surface area contributed by atoms with Gasteiger partial charge in [0, 0.05) is 18.7 Å². The second-order valence-corrected chi connectivity index (χ2v) is 9.59. The molecule has 3 aromatic carbocycles. The quantitative estimate of drug-likeness (QED) is 0.397. The van der Waals surface area contributed by atoms with Gasteiger partial charge in [-0.15, -0.1) is 0 Å². The zero-order valence-electron chi connectivity index (χ0n) is 21.0. The van der Waals surface area contributed by atoms with Gasteiger partial charge in [-0.25, -0.2) is 4.39 Å². The number of aliphatic hydroxyl groups excluding tert-OH is 1. The van der Waals surface area contributed by atoms with E-state index >= 15 is 0 Å². The molecule has 0 radical (unpaired) electrons. The Kier molecular flexibility index (Phi) is 7.60. The van der Waals surface area contributed by atoms with Crippen LogP contribution in [0.5, 0.6) is 0 Å². The second-order valence-electron chi connectivity index (χ2n) is 9.59. The van der Waals surface area contributed by atoms with E-state index in [-0.39, 0.29) is 30.2 Å². The summed E-state index contributed by atoms with van der Waals surface area (Å²) in [6.45, 7) is 3.42. The van der Waals surface area contributed by atoms with Crippen molar-refractivity contribution in [2.45, 2.75) is 51.1 Å². The van der Waals surface area contributed by atoms with E-state index in [0.29, 0.717) is 35.7 Å². The summed E-state index contributed by atoms with van der Waals surface area (Å²) in [7, 11) is 0. The molecule has 0 fully saturated rings. The highest BCUT2D eigenvalue weighted by atomic mass is 19.4. The van der Waals surface area contributed by atoms with Crippen LogP contribution in [0.25, 0.3) is 0 Å². The average molecular weight is 529 g/mol. The van der Waals surface area contributed by atoms with E-state index < -0.39 is 34.9 Å². The molecule has 2 atom stereocenters. The van der Waals surface area contributed by atoms with E-state index in [0.717, 1.165) is 12.1 Å². The van der Waals surface area contributed by atoms with Gasteiger partial charge < -0.3 is 15.3 Å². The van der Waals surface area contributed by atoms with Crippen molar-refractivity contribution in [3.63, 3.8) is 0 Å². The van der Waals surface area contributed by atoms with Gasteiger partial charge in [0.1, 0.15) is 5.82 Å². The molecule has 0 aliphatic carbocycles. The number of rotatable bonds is 7. The van der Waals surface area contributed by atoms with E-state index in [1.165, 1.54) is 4.90 Å². The first-order valence-electron chi connectivity index (χ1n) is 12.3. The maximum absolute atomic E-state index is 14.3. The van der Waals surface area contributed by atoms with Gasteiger partial charge in [-0.2, -0.15) is 13.2 Å². The summed E-state index contributed by atoms with van der Waals surface area (Å²) >= 11 is 0. The Balaban J connectivity index is 1.93. The Morgan fingerprint density at radius 3 is 2.37 bits per heavy atom. The van der Waals surface area contributed by atoms with Crippen molar-refractivity contribution in [1.29, 1.82) is 0 Å². The minimum absolute atomic E-state index is 0.0571. The lowest BCUT2D eigenvalue weighted by Crippen LogP contribution is -2.57. The van der Waals surface area contributed by atoms with Gasteiger partial charge >= 0.3 is 6.18 Å². The number of nitrogens with zero attached hydrogens (tertiary/aromatic N) is 1. The number of carbonyl (C=O) groups is 2. The lowest BCUT2D eigenvalue weighted by Gasteiger charge is -2.48. The number of halogens is 4. The number of hydrogen-bond acceptors (Lipinski definition) is 3. The molecule has 38 heavy (non-hydrogen) atoms. The van der Waals surface area contributed by atoms with Crippen molar-refractivity contribution in [2.75, 3.05) is 6.54 Å². The number of amides is 2. The summed E-state index contributed by atoms with van der Waals surface area (Å²) in [6, 6.07) is 14.6.